The molecule has 2 atom stereocenters. The molecule has 1 aromatic heterocycles. The van der Waals surface area contributed by atoms with E-state index in [2.05, 4.69) is 5.32 Å². The van der Waals surface area contributed by atoms with Crippen molar-refractivity contribution in [2.45, 2.75) is 32.3 Å². The maximum atomic E-state index is 5.77. The van der Waals surface area contributed by atoms with Gasteiger partial charge in [-0.1, -0.05) is 0 Å². The van der Waals surface area contributed by atoms with E-state index in [0.29, 0.717) is 0 Å². The minimum atomic E-state index is 0. The fraction of sp³-hybridized carbons (Fsp3) is 0.692. The maximum Gasteiger partial charge on any atom is 0.132 e. The zero-order valence-corrected chi connectivity index (χ0v) is 11.2. The molecule has 1 aliphatic rings. The molecule has 0 aliphatic carbocycles. The van der Waals surface area contributed by atoms with Crippen molar-refractivity contribution in [3.8, 4) is 0 Å². The van der Waals surface area contributed by atoms with E-state index in [0.717, 1.165) is 31.3 Å². The maximum absolute atomic E-state index is 5.77. The quantitative estimate of drug-likeness (QED) is 0.882. The van der Waals surface area contributed by atoms with E-state index in [1.807, 2.05) is 19.1 Å². The van der Waals surface area contributed by atoms with Crippen LogP contribution in [0.4, 0.5) is 0 Å². The van der Waals surface area contributed by atoms with Crippen LogP contribution in [0.3, 0.4) is 0 Å². The summed E-state index contributed by atoms with van der Waals surface area (Å²) in [5, 5.41) is 3.43. The molecule has 0 radical (unpaired) electrons. The van der Waals surface area contributed by atoms with E-state index in [-0.39, 0.29) is 18.5 Å². The highest BCUT2D eigenvalue weighted by molar-refractivity contribution is 5.85. The van der Waals surface area contributed by atoms with Gasteiger partial charge in [0.2, 0.25) is 0 Å². The normalized spacial score (nSPS) is 21.8. The first-order chi connectivity index (χ1) is 7.86. The molecule has 2 heterocycles. The van der Waals surface area contributed by atoms with Crippen LogP contribution in [0, 0.1) is 5.92 Å². The molecule has 1 aliphatic heterocycles. The number of rotatable bonds is 5. The van der Waals surface area contributed by atoms with Crippen molar-refractivity contribution in [2.24, 2.45) is 5.92 Å². The van der Waals surface area contributed by atoms with Crippen molar-refractivity contribution >= 4 is 12.4 Å². The van der Waals surface area contributed by atoms with Crippen LogP contribution in [0.2, 0.25) is 0 Å². The van der Waals surface area contributed by atoms with Crippen LogP contribution in [0.5, 0.6) is 0 Å². The lowest BCUT2D eigenvalue weighted by Crippen LogP contribution is -2.30. The van der Waals surface area contributed by atoms with Gasteiger partial charge < -0.3 is 14.5 Å². The number of furan rings is 1. The molecular weight excluding hydrogens is 238 g/mol. The van der Waals surface area contributed by atoms with Crippen molar-refractivity contribution < 1.29 is 9.15 Å². The molecule has 0 spiro atoms. The number of piperidine rings is 1. The summed E-state index contributed by atoms with van der Waals surface area (Å²) in [6, 6.07) is 3.87. The van der Waals surface area contributed by atoms with Crippen LogP contribution in [-0.2, 0) is 4.74 Å². The van der Waals surface area contributed by atoms with E-state index >= 15 is 0 Å². The second kappa shape index (κ2) is 7.75. The van der Waals surface area contributed by atoms with E-state index in [4.69, 9.17) is 9.15 Å². The van der Waals surface area contributed by atoms with Gasteiger partial charge in [-0.05, 0) is 57.3 Å². The van der Waals surface area contributed by atoms with Gasteiger partial charge in [-0.3, -0.25) is 0 Å². The molecule has 98 valence electrons. The molecule has 4 heteroatoms. The van der Waals surface area contributed by atoms with Gasteiger partial charge >= 0.3 is 0 Å². The van der Waals surface area contributed by atoms with Crippen molar-refractivity contribution in [2.75, 3.05) is 19.7 Å². The van der Waals surface area contributed by atoms with Crippen molar-refractivity contribution in [1.82, 2.24) is 5.32 Å². The third kappa shape index (κ3) is 4.70. The van der Waals surface area contributed by atoms with Gasteiger partial charge in [0.05, 0.1) is 6.26 Å². The Morgan fingerprint density at radius 2 is 2.47 bits per heavy atom. The molecule has 2 unspecified atom stereocenters. The zero-order valence-electron chi connectivity index (χ0n) is 10.4. The minimum Gasteiger partial charge on any atom is -0.467 e. The first-order valence-electron chi connectivity index (χ1n) is 6.22. The van der Waals surface area contributed by atoms with Gasteiger partial charge in [-0.25, -0.2) is 0 Å². The first-order valence-corrected chi connectivity index (χ1v) is 6.22. The average Bonchev–Trinajstić information content (AvgIpc) is 2.84. The molecule has 1 aromatic rings. The Bertz CT molecular complexity index is 284. The molecule has 1 saturated heterocycles. The summed E-state index contributed by atoms with van der Waals surface area (Å²) in [6.45, 7) is 5.20. The predicted molar refractivity (Wildman–Crippen MR) is 70.5 cm³/mol. The highest BCUT2D eigenvalue weighted by Gasteiger charge is 2.14. The zero-order chi connectivity index (χ0) is 11.2. The summed E-state index contributed by atoms with van der Waals surface area (Å²) in [6.07, 6.45) is 5.56. The molecule has 1 fully saturated rings. The highest BCUT2D eigenvalue weighted by atomic mass is 35.5. The Hall–Kier alpha value is -0.510. The average molecular weight is 260 g/mol. The Labute approximate surface area is 109 Å². The van der Waals surface area contributed by atoms with Gasteiger partial charge in [0.25, 0.3) is 0 Å². The standard InChI is InChI=1S/C13H21NO2.ClH/c1-11(13-5-3-8-16-13)15-9-6-12-4-2-7-14-10-12;/h3,5,8,11-12,14H,2,4,6-7,9-10H2,1H3;1H. The second-order valence-corrected chi connectivity index (χ2v) is 4.53. The number of hydrogen-bond donors (Lipinski definition) is 1. The Morgan fingerprint density at radius 3 is 3.12 bits per heavy atom. The lowest BCUT2D eigenvalue weighted by Gasteiger charge is -2.23. The van der Waals surface area contributed by atoms with Crippen molar-refractivity contribution in [3.63, 3.8) is 0 Å². The molecule has 0 bridgehead atoms. The minimum absolute atomic E-state index is 0. The number of nitrogens with one attached hydrogen (secondary N) is 1. The van der Waals surface area contributed by atoms with Gasteiger partial charge in [0.15, 0.2) is 0 Å². The number of hydrogen-bond acceptors (Lipinski definition) is 3. The SMILES string of the molecule is CC(OCCC1CCCNC1)c1ccco1.Cl. The summed E-state index contributed by atoms with van der Waals surface area (Å²) in [7, 11) is 0. The van der Waals surface area contributed by atoms with Crippen LogP contribution < -0.4 is 5.32 Å². The van der Waals surface area contributed by atoms with Gasteiger partial charge in [-0.2, -0.15) is 0 Å². The molecule has 0 amide bonds. The van der Waals surface area contributed by atoms with Crippen molar-refractivity contribution in [3.05, 3.63) is 24.2 Å². The molecule has 3 nitrogen and oxygen atoms in total. The van der Waals surface area contributed by atoms with Gasteiger partial charge in [0.1, 0.15) is 11.9 Å². The number of halogens is 1. The Morgan fingerprint density at radius 1 is 1.59 bits per heavy atom. The first kappa shape index (κ1) is 14.6. The highest BCUT2D eigenvalue weighted by Crippen LogP contribution is 2.19. The summed E-state index contributed by atoms with van der Waals surface area (Å²) >= 11 is 0. The van der Waals surface area contributed by atoms with Gasteiger partial charge in [0, 0.05) is 6.61 Å². The van der Waals surface area contributed by atoms with Crippen LogP contribution in [0.1, 0.15) is 38.1 Å². The van der Waals surface area contributed by atoms with Crippen molar-refractivity contribution in [1.29, 1.82) is 0 Å². The summed E-state index contributed by atoms with van der Waals surface area (Å²) in [5.41, 5.74) is 0. The molecular formula is C13H22ClNO2. The second-order valence-electron chi connectivity index (χ2n) is 4.53. The predicted octanol–water partition coefficient (Wildman–Crippen LogP) is 3.17. The topological polar surface area (TPSA) is 34.4 Å². The molecule has 17 heavy (non-hydrogen) atoms. The van der Waals surface area contributed by atoms with Crippen LogP contribution in [-0.4, -0.2) is 19.7 Å². The van der Waals surface area contributed by atoms with E-state index in [9.17, 15) is 0 Å². The summed E-state index contributed by atoms with van der Waals surface area (Å²) < 4.78 is 11.1. The largest absolute Gasteiger partial charge is 0.467 e. The summed E-state index contributed by atoms with van der Waals surface area (Å²) in [4.78, 5) is 0. The monoisotopic (exact) mass is 259 g/mol. The van der Waals surface area contributed by atoms with E-state index in [1.54, 1.807) is 6.26 Å². The Balaban J connectivity index is 0.00000144. The van der Waals surface area contributed by atoms with Crippen LogP contribution >= 0.6 is 12.4 Å². The molecule has 2 rings (SSSR count). The smallest absolute Gasteiger partial charge is 0.132 e. The lowest BCUT2D eigenvalue weighted by molar-refractivity contribution is 0.0403. The summed E-state index contributed by atoms with van der Waals surface area (Å²) in [5.74, 6) is 1.71. The fourth-order valence-corrected chi connectivity index (χ4v) is 2.19. The fourth-order valence-electron chi connectivity index (χ4n) is 2.19. The van der Waals surface area contributed by atoms with Gasteiger partial charge in [-0.15, -0.1) is 12.4 Å². The van der Waals surface area contributed by atoms with E-state index < -0.39 is 0 Å². The molecule has 1 N–H and O–H groups in total. The molecule has 0 saturated carbocycles. The van der Waals surface area contributed by atoms with E-state index in [1.165, 1.54) is 19.4 Å². The third-order valence-corrected chi connectivity index (χ3v) is 3.24. The molecule has 0 aromatic carbocycles. The third-order valence-electron chi connectivity index (χ3n) is 3.24. The Kier molecular flexibility index (Phi) is 6.63. The van der Waals surface area contributed by atoms with Crippen LogP contribution in [0.25, 0.3) is 0 Å². The lowest BCUT2D eigenvalue weighted by atomic mass is 9.97. The van der Waals surface area contributed by atoms with Crippen LogP contribution in [0.15, 0.2) is 22.8 Å². The number of ether oxygens (including phenoxy) is 1.